The van der Waals surface area contributed by atoms with Crippen LogP contribution in [0.4, 0.5) is 0 Å². The molecule has 3 aliphatic rings. The lowest BCUT2D eigenvalue weighted by atomic mass is 9.71. The van der Waals surface area contributed by atoms with Gasteiger partial charge in [0, 0.05) is 18.1 Å². The van der Waals surface area contributed by atoms with E-state index in [0.29, 0.717) is 5.41 Å². The summed E-state index contributed by atoms with van der Waals surface area (Å²) in [5, 5.41) is 3.79. The Morgan fingerprint density at radius 2 is 1.62 bits per heavy atom. The second kappa shape index (κ2) is 6.58. The molecular formula is C19H36N2. The second-order valence-corrected chi connectivity index (χ2v) is 8.88. The van der Waals surface area contributed by atoms with Crippen molar-refractivity contribution in [2.45, 2.75) is 96.7 Å². The van der Waals surface area contributed by atoms with Crippen LogP contribution in [0.2, 0.25) is 0 Å². The van der Waals surface area contributed by atoms with Gasteiger partial charge in [0.2, 0.25) is 0 Å². The van der Waals surface area contributed by atoms with E-state index in [9.17, 15) is 0 Å². The molecule has 0 aromatic heterocycles. The van der Waals surface area contributed by atoms with Gasteiger partial charge < -0.3 is 5.32 Å². The Bertz CT molecular complexity index is 319. The number of hydrogen-bond donors (Lipinski definition) is 1. The smallest absolute Gasteiger partial charge is 0.0252 e. The zero-order valence-corrected chi connectivity index (χ0v) is 14.5. The summed E-state index contributed by atoms with van der Waals surface area (Å²) in [5.74, 6) is 0.946. The van der Waals surface area contributed by atoms with Crippen molar-refractivity contribution in [3.8, 4) is 0 Å². The van der Waals surface area contributed by atoms with Crippen molar-refractivity contribution in [2.75, 3.05) is 13.1 Å². The van der Waals surface area contributed by atoms with E-state index in [-0.39, 0.29) is 0 Å². The highest BCUT2D eigenvalue weighted by molar-refractivity contribution is 4.95. The van der Waals surface area contributed by atoms with Crippen molar-refractivity contribution >= 4 is 0 Å². The lowest BCUT2D eigenvalue weighted by Gasteiger charge is -2.47. The van der Waals surface area contributed by atoms with E-state index in [0.717, 1.165) is 24.0 Å². The molecule has 2 unspecified atom stereocenters. The largest absolute Gasteiger partial charge is 0.312 e. The Morgan fingerprint density at radius 3 is 2.24 bits per heavy atom. The van der Waals surface area contributed by atoms with Gasteiger partial charge >= 0.3 is 0 Å². The summed E-state index contributed by atoms with van der Waals surface area (Å²) in [5.41, 5.74) is 0.513. The zero-order chi connectivity index (χ0) is 14.9. The van der Waals surface area contributed by atoms with Gasteiger partial charge in [0.15, 0.2) is 0 Å². The Kier molecular flexibility index (Phi) is 4.95. The molecule has 2 atom stereocenters. The average Bonchev–Trinajstić information content (AvgIpc) is 3.01. The standard InChI is InChI=1S/C19H36N2/c1-19(2,3)15-9-11-16(12-10-15)21-14-5-4-8-18(21)17-7-6-13-20-17/h15-18,20H,4-14H2,1-3H3. The molecular weight excluding hydrogens is 256 g/mol. The molecule has 0 radical (unpaired) electrons. The monoisotopic (exact) mass is 292 g/mol. The topological polar surface area (TPSA) is 15.3 Å². The highest BCUT2D eigenvalue weighted by atomic mass is 15.2. The Hall–Kier alpha value is -0.0800. The first kappa shape index (κ1) is 15.8. The first-order valence-electron chi connectivity index (χ1n) is 9.55. The summed E-state index contributed by atoms with van der Waals surface area (Å²) in [6.07, 6.45) is 12.9. The number of piperidine rings is 1. The average molecular weight is 293 g/mol. The molecule has 2 saturated heterocycles. The Morgan fingerprint density at radius 1 is 0.857 bits per heavy atom. The second-order valence-electron chi connectivity index (χ2n) is 8.88. The van der Waals surface area contributed by atoms with Crippen LogP contribution in [0, 0.1) is 11.3 Å². The third-order valence-electron chi connectivity index (χ3n) is 6.55. The van der Waals surface area contributed by atoms with E-state index in [1.54, 1.807) is 0 Å². The van der Waals surface area contributed by atoms with Gasteiger partial charge in [0.25, 0.3) is 0 Å². The predicted octanol–water partition coefficient (Wildman–Crippen LogP) is 4.20. The van der Waals surface area contributed by atoms with E-state index in [4.69, 9.17) is 0 Å². The number of nitrogens with one attached hydrogen (secondary N) is 1. The van der Waals surface area contributed by atoms with E-state index in [2.05, 4.69) is 31.0 Å². The summed E-state index contributed by atoms with van der Waals surface area (Å²) < 4.78 is 0. The van der Waals surface area contributed by atoms with Gasteiger partial charge in [0.05, 0.1) is 0 Å². The normalized spacial score (nSPS) is 39.6. The minimum absolute atomic E-state index is 0.513. The molecule has 2 nitrogen and oxygen atoms in total. The maximum absolute atomic E-state index is 3.79. The van der Waals surface area contributed by atoms with Gasteiger partial charge in [-0.1, -0.05) is 27.2 Å². The number of hydrogen-bond acceptors (Lipinski definition) is 2. The third kappa shape index (κ3) is 3.64. The highest BCUT2D eigenvalue weighted by Gasteiger charge is 2.38. The van der Waals surface area contributed by atoms with Crippen molar-refractivity contribution in [2.24, 2.45) is 11.3 Å². The van der Waals surface area contributed by atoms with Crippen molar-refractivity contribution < 1.29 is 0 Å². The van der Waals surface area contributed by atoms with Crippen LogP contribution >= 0.6 is 0 Å². The predicted molar refractivity (Wildman–Crippen MR) is 90.6 cm³/mol. The van der Waals surface area contributed by atoms with Crippen LogP contribution in [-0.2, 0) is 0 Å². The van der Waals surface area contributed by atoms with E-state index >= 15 is 0 Å². The molecule has 0 aromatic rings. The third-order valence-corrected chi connectivity index (χ3v) is 6.55. The summed E-state index contributed by atoms with van der Waals surface area (Å²) in [7, 11) is 0. The maximum atomic E-state index is 3.79. The molecule has 3 rings (SSSR count). The van der Waals surface area contributed by atoms with Gasteiger partial charge in [-0.05, 0) is 75.8 Å². The summed E-state index contributed by atoms with van der Waals surface area (Å²) in [6.45, 7) is 9.93. The van der Waals surface area contributed by atoms with Gasteiger partial charge in [0.1, 0.15) is 0 Å². The summed E-state index contributed by atoms with van der Waals surface area (Å²) >= 11 is 0. The molecule has 21 heavy (non-hydrogen) atoms. The Labute approximate surface area is 132 Å². The SMILES string of the molecule is CC(C)(C)C1CCC(N2CCCCC2C2CCCN2)CC1. The maximum Gasteiger partial charge on any atom is 0.0252 e. The van der Waals surface area contributed by atoms with Crippen LogP contribution in [0.3, 0.4) is 0 Å². The lowest BCUT2D eigenvalue weighted by molar-refractivity contribution is 0.0325. The fourth-order valence-corrected chi connectivity index (χ4v) is 5.18. The van der Waals surface area contributed by atoms with E-state index in [1.165, 1.54) is 70.9 Å². The molecule has 1 N–H and O–H groups in total. The summed E-state index contributed by atoms with van der Waals surface area (Å²) in [6, 6.07) is 2.53. The van der Waals surface area contributed by atoms with Crippen LogP contribution < -0.4 is 5.32 Å². The van der Waals surface area contributed by atoms with Crippen molar-refractivity contribution in [3.05, 3.63) is 0 Å². The van der Waals surface area contributed by atoms with Gasteiger partial charge in [-0.15, -0.1) is 0 Å². The fourth-order valence-electron chi connectivity index (χ4n) is 5.18. The van der Waals surface area contributed by atoms with E-state index in [1.807, 2.05) is 0 Å². The molecule has 0 spiro atoms. The molecule has 122 valence electrons. The van der Waals surface area contributed by atoms with Crippen molar-refractivity contribution in [1.82, 2.24) is 10.2 Å². The molecule has 1 aliphatic carbocycles. The van der Waals surface area contributed by atoms with Gasteiger partial charge in [-0.3, -0.25) is 4.90 Å². The number of likely N-dealkylation sites (tertiary alicyclic amines) is 1. The first-order chi connectivity index (χ1) is 10.1. The minimum atomic E-state index is 0.513. The molecule has 0 bridgehead atoms. The van der Waals surface area contributed by atoms with Crippen molar-refractivity contribution in [3.63, 3.8) is 0 Å². The quantitative estimate of drug-likeness (QED) is 0.820. The molecule has 0 aromatic carbocycles. The lowest BCUT2D eigenvalue weighted by Crippen LogP contribution is -2.55. The Balaban J connectivity index is 1.59. The van der Waals surface area contributed by atoms with Crippen LogP contribution in [-0.4, -0.2) is 36.1 Å². The first-order valence-corrected chi connectivity index (χ1v) is 9.55. The van der Waals surface area contributed by atoms with Crippen LogP contribution in [0.15, 0.2) is 0 Å². The molecule has 2 heterocycles. The highest BCUT2D eigenvalue weighted by Crippen LogP contribution is 2.40. The minimum Gasteiger partial charge on any atom is -0.312 e. The number of nitrogens with zero attached hydrogens (tertiary/aromatic N) is 1. The zero-order valence-electron chi connectivity index (χ0n) is 14.5. The van der Waals surface area contributed by atoms with Crippen molar-refractivity contribution in [1.29, 1.82) is 0 Å². The number of rotatable bonds is 2. The van der Waals surface area contributed by atoms with Crippen LogP contribution in [0.25, 0.3) is 0 Å². The van der Waals surface area contributed by atoms with Crippen LogP contribution in [0.1, 0.15) is 78.6 Å². The van der Waals surface area contributed by atoms with E-state index < -0.39 is 0 Å². The van der Waals surface area contributed by atoms with Gasteiger partial charge in [-0.25, -0.2) is 0 Å². The fraction of sp³-hybridized carbons (Fsp3) is 1.00. The molecule has 2 heteroatoms. The molecule has 1 saturated carbocycles. The van der Waals surface area contributed by atoms with Crippen LogP contribution in [0.5, 0.6) is 0 Å². The molecule has 3 fully saturated rings. The summed E-state index contributed by atoms with van der Waals surface area (Å²) in [4.78, 5) is 2.94. The molecule has 0 amide bonds. The molecule has 2 aliphatic heterocycles. The van der Waals surface area contributed by atoms with Gasteiger partial charge in [-0.2, -0.15) is 0 Å².